The van der Waals surface area contributed by atoms with Crippen LogP contribution in [0.1, 0.15) is 44.5 Å². The lowest BCUT2D eigenvalue weighted by molar-refractivity contribution is 0.00517. The van der Waals surface area contributed by atoms with Crippen LogP contribution >= 0.6 is 0 Å². The summed E-state index contributed by atoms with van der Waals surface area (Å²) in [6, 6.07) is 2.26. The molecule has 1 aromatic heterocycles. The highest BCUT2D eigenvalue weighted by atomic mass is 16.5. The molecule has 5 nitrogen and oxygen atoms in total. The fourth-order valence-corrected chi connectivity index (χ4v) is 2.89. The molecule has 120 valence electrons. The van der Waals surface area contributed by atoms with Crippen LogP contribution in [-0.2, 0) is 24.2 Å². The molecule has 0 aliphatic carbocycles. The first-order chi connectivity index (χ1) is 10.3. The third-order valence-corrected chi connectivity index (χ3v) is 4.20. The Morgan fingerprint density at radius 3 is 2.71 bits per heavy atom. The van der Waals surface area contributed by atoms with Gasteiger partial charge in [0.1, 0.15) is 0 Å². The van der Waals surface area contributed by atoms with E-state index in [1.807, 2.05) is 0 Å². The Morgan fingerprint density at radius 1 is 1.33 bits per heavy atom. The number of ether oxygens (including phenoxy) is 1. The maximum Gasteiger partial charge on any atom is 0.0625 e. The molecule has 0 bridgehead atoms. The van der Waals surface area contributed by atoms with E-state index in [0.717, 1.165) is 65.0 Å². The average Bonchev–Trinajstić information content (AvgIpc) is 2.91. The van der Waals surface area contributed by atoms with E-state index in [1.165, 1.54) is 11.4 Å². The first-order valence-electron chi connectivity index (χ1n) is 8.36. The van der Waals surface area contributed by atoms with Gasteiger partial charge in [-0.15, -0.1) is 0 Å². The molecule has 2 heterocycles. The number of rotatable bonds is 8. The van der Waals surface area contributed by atoms with Crippen molar-refractivity contribution in [1.29, 1.82) is 0 Å². The van der Waals surface area contributed by atoms with Crippen LogP contribution in [0.2, 0.25) is 0 Å². The number of aromatic nitrogens is 2. The highest BCUT2D eigenvalue weighted by Crippen LogP contribution is 2.17. The smallest absolute Gasteiger partial charge is 0.0625 e. The standard InChI is InChI=1S/C16H30N4O/c1-3-14-12-15(20(4-2)18-14)13-19-9-6-16(7-10-19)21-11-5-8-17/h12,16H,3-11,13,17H2,1-2H3. The summed E-state index contributed by atoms with van der Waals surface area (Å²) in [5, 5.41) is 4.63. The second-order valence-corrected chi connectivity index (χ2v) is 5.78. The monoisotopic (exact) mass is 294 g/mol. The van der Waals surface area contributed by atoms with E-state index in [-0.39, 0.29) is 0 Å². The summed E-state index contributed by atoms with van der Waals surface area (Å²) in [4.78, 5) is 2.52. The fourth-order valence-electron chi connectivity index (χ4n) is 2.89. The molecule has 21 heavy (non-hydrogen) atoms. The normalized spacial score (nSPS) is 17.5. The molecule has 0 spiro atoms. The van der Waals surface area contributed by atoms with Crippen molar-refractivity contribution in [3.05, 3.63) is 17.5 Å². The number of piperidine rings is 1. The molecule has 2 N–H and O–H groups in total. The van der Waals surface area contributed by atoms with E-state index in [4.69, 9.17) is 10.5 Å². The Labute approximate surface area is 128 Å². The molecule has 0 atom stereocenters. The Bertz CT molecular complexity index is 410. The summed E-state index contributed by atoms with van der Waals surface area (Å²) in [6.45, 7) is 10.0. The van der Waals surface area contributed by atoms with E-state index in [1.54, 1.807) is 0 Å². The van der Waals surface area contributed by atoms with E-state index in [9.17, 15) is 0 Å². The van der Waals surface area contributed by atoms with Gasteiger partial charge in [-0.05, 0) is 45.2 Å². The van der Waals surface area contributed by atoms with Crippen LogP contribution in [0.15, 0.2) is 6.07 Å². The minimum atomic E-state index is 0.426. The highest BCUT2D eigenvalue weighted by molar-refractivity contribution is 5.10. The third kappa shape index (κ3) is 4.80. The molecule has 5 heteroatoms. The molecule has 1 aliphatic rings. The van der Waals surface area contributed by atoms with Gasteiger partial charge < -0.3 is 10.5 Å². The first-order valence-corrected chi connectivity index (χ1v) is 8.36. The Kier molecular flexibility index (Phi) is 6.67. The van der Waals surface area contributed by atoms with Gasteiger partial charge in [-0.1, -0.05) is 6.92 Å². The van der Waals surface area contributed by atoms with Crippen molar-refractivity contribution in [3.63, 3.8) is 0 Å². The zero-order chi connectivity index (χ0) is 15.1. The van der Waals surface area contributed by atoms with Gasteiger partial charge in [0, 0.05) is 32.8 Å². The summed E-state index contributed by atoms with van der Waals surface area (Å²) in [6.07, 6.45) is 4.67. The maximum atomic E-state index is 5.86. The summed E-state index contributed by atoms with van der Waals surface area (Å²) in [5.74, 6) is 0. The second kappa shape index (κ2) is 8.51. The average molecular weight is 294 g/mol. The molecule has 1 saturated heterocycles. The van der Waals surface area contributed by atoms with E-state index >= 15 is 0 Å². The lowest BCUT2D eigenvalue weighted by Crippen LogP contribution is -2.37. The number of nitrogens with two attached hydrogens (primary N) is 1. The van der Waals surface area contributed by atoms with Crippen molar-refractivity contribution in [2.45, 2.75) is 58.7 Å². The zero-order valence-corrected chi connectivity index (χ0v) is 13.6. The van der Waals surface area contributed by atoms with Gasteiger partial charge in [0.25, 0.3) is 0 Å². The van der Waals surface area contributed by atoms with Crippen LogP contribution in [-0.4, -0.2) is 47.0 Å². The molecule has 0 saturated carbocycles. The molecule has 0 aromatic carbocycles. The van der Waals surface area contributed by atoms with Gasteiger partial charge in [-0.2, -0.15) is 5.10 Å². The number of aryl methyl sites for hydroxylation is 2. The molecule has 1 fully saturated rings. The van der Waals surface area contributed by atoms with Crippen LogP contribution in [0.3, 0.4) is 0 Å². The minimum absolute atomic E-state index is 0.426. The molecular formula is C16H30N4O. The van der Waals surface area contributed by atoms with Crippen LogP contribution in [0, 0.1) is 0 Å². The van der Waals surface area contributed by atoms with Crippen molar-refractivity contribution < 1.29 is 4.74 Å². The van der Waals surface area contributed by atoms with Crippen molar-refractivity contribution in [1.82, 2.24) is 14.7 Å². The Morgan fingerprint density at radius 2 is 2.10 bits per heavy atom. The van der Waals surface area contributed by atoms with Crippen molar-refractivity contribution in [2.75, 3.05) is 26.2 Å². The third-order valence-electron chi connectivity index (χ3n) is 4.20. The second-order valence-electron chi connectivity index (χ2n) is 5.78. The van der Waals surface area contributed by atoms with Crippen LogP contribution in [0.25, 0.3) is 0 Å². The molecule has 2 rings (SSSR count). The fraction of sp³-hybridized carbons (Fsp3) is 0.812. The molecule has 0 radical (unpaired) electrons. The lowest BCUT2D eigenvalue weighted by atomic mass is 10.1. The van der Waals surface area contributed by atoms with E-state index in [2.05, 4.69) is 34.6 Å². The van der Waals surface area contributed by atoms with Crippen LogP contribution in [0.5, 0.6) is 0 Å². The van der Waals surface area contributed by atoms with Crippen LogP contribution in [0.4, 0.5) is 0 Å². The van der Waals surface area contributed by atoms with Gasteiger partial charge in [0.2, 0.25) is 0 Å². The Hall–Kier alpha value is -0.910. The topological polar surface area (TPSA) is 56.3 Å². The highest BCUT2D eigenvalue weighted by Gasteiger charge is 2.20. The zero-order valence-electron chi connectivity index (χ0n) is 13.6. The molecule has 0 amide bonds. The summed E-state index contributed by atoms with van der Waals surface area (Å²) in [5.41, 5.74) is 8.04. The van der Waals surface area contributed by atoms with Gasteiger partial charge in [0.15, 0.2) is 0 Å². The number of nitrogens with zero attached hydrogens (tertiary/aromatic N) is 3. The predicted molar refractivity (Wildman–Crippen MR) is 85.2 cm³/mol. The maximum absolute atomic E-state index is 5.86. The van der Waals surface area contributed by atoms with Gasteiger partial charge in [-0.25, -0.2) is 0 Å². The molecule has 1 aliphatic heterocycles. The predicted octanol–water partition coefficient (Wildman–Crippen LogP) is 1.80. The van der Waals surface area contributed by atoms with Crippen molar-refractivity contribution in [3.8, 4) is 0 Å². The SMILES string of the molecule is CCc1cc(CN2CCC(OCCCN)CC2)n(CC)n1. The molecule has 0 unspecified atom stereocenters. The summed E-state index contributed by atoms with van der Waals surface area (Å²) < 4.78 is 8.01. The van der Waals surface area contributed by atoms with Gasteiger partial charge >= 0.3 is 0 Å². The van der Waals surface area contributed by atoms with E-state index in [0.29, 0.717) is 6.10 Å². The molecular weight excluding hydrogens is 264 g/mol. The number of hydrogen-bond donors (Lipinski definition) is 1. The number of hydrogen-bond acceptors (Lipinski definition) is 4. The minimum Gasteiger partial charge on any atom is -0.378 e. The van der Waals surface area contributed by atoms with Crippen molar-refractivity contribution >= 4 is 0 Å². The van der Waals surface area contributed by atoms with Gasteiger partial charge in [-0.3, -0.25) is 9.58 Å². The van der Waals surface area contributed by atoms with Crippen molar-refractivity contribution in [2.24, 2.45) is 5.73 Å². The van der Waals surface area contributed by atoms with E-state index < -0.39 is 0 Å². The first kappa shape index (κ1) is 16.5. The van der Waals surface area contributed by atoms with Crippen LogP contribution < -0.4 is 5.73 Å². The Balaban J connectivity index is 1.79. The summed E-state index contributed by atoms with van der Waals surface area (Å²) >= 11 is 0. The lowest BCUT2D eigenvalue weighted by Gasteiger charge is -2.31. The quantitative estimate of drug-likeness (QED) is 0.743. The number of likely N-dealkylation sites (tertiary alicyclic amines) is 1. The molecule has 1 aromatic rings. The summed E-state index contributed by atoms with van der Waals surface area (Å²) in [7, 11) is 0. The van der Waals surface area contributed by atoms with Gasteiger partial charge in [0.05, 0.1) is 17.5 Å². The largest absolute Gasteiger partial charge is 0.378 e.